The smallest absolute Gasteiger partial charge is 0.208 e. The van der Waals surface area contributed by atoms with Gasteiger partial charge in [0.05, 0.1) is 0 Å². The van der Waals surface area contributed by atoms with Gasteiger partial charge in [-0.3, -0.25) is 4.79 Å². The number of hydrogen-bond acceptors (Lipinski definition) is 1. The molecule has 0 spiro atoms. The first-order valence-corrected chi connectivity index (χ1v) is 9.58. The Bertz CT molecular complexity index is 667. The predicted molar refractivity (Wildman–Crippen MR) is 105 cm³/mol. The van der Waals surface area contributed by atoms with Crippen LogP contribution in [0.4, 0.5) is 0 Å². The summed E-state index contributed by atoms with van der Waals surface area (Å²) in [5.74, 6) is 0.222. The van der Waals surface area contributed by atoms with E-state index in [-0.39, 0.29) is 5.75 Å². The van der Waals surface area contributed by atoms with E-state index in [1.54, 1.807) is 0 Å². The molecule has 3 aromatic rings. The molecular formula is C20H18ClOP. The first kappa shape index (κ1) is 17.3. The van der Waals surface area contributed by atoms with Gasteiger partial charge in [-0.1, -0.05) is 97.3 Å². The molecular weight excluding hydrogens is 323 g/mol. The Labute approximate surface area is 142 Å². The molecule has 0 unspecified atom stereocenters. The predicted octanol–water partition coefficient (Wildman–Crippen LogP) is 3.83. The number of hydrogen-bond donors (Lipinski definition) is 0. The van der Waals surface area contributed by atoms with E-state index in [4.69, 9.17) is 11.1 Å². The highest BCUT2D eigenvalue weighted by Gasteiger charge is 2.21. The zero-order valence-electron chi connectivity index (χ0n) is 12.7. The van der Waals surface area contributed by atoms with E-state index in [2.05, 4.69) is 103 Å². The normalized spacial score (nSPS) is 10.3. The standard InChI is InChI=1S/C19H17P.CHClO/c1-20(17-11-5-2-6-12-17,18-13-7-3-8-14-18)19-15-9-4-10-16-19;2-1-3/h2-16H,1H2;1H. The average molecular weight is 341 g/mol. The number of carbonyl (C=O) groups excluding carboxylic acids is 1. The molecule has 0 fully saturated rings. The lowest BCUT2D eigenvalue weighted by Gasteiger charge is -2.26. The second-order valence-corrected chi connectivity index (χ2v) is 8.25. The zero-order valence-corrected chi connectivity index (χ0v) is 14.3. The highest BCUT2D eigenvalue weighted by Crippen LogP contribution is 2.41. The van der Waals surface area contributed by atoms with Crippen molar-refractivity contribution in [1.29, 1.82) is 0 Å². The summed E-state index contributed by atoms with van der Waals surface area (Å²) >= 11 is 4.32. The lowest BCUT2D eigenvalue weighted by atomic mass is 10.4. The summed E-state index contributed by atoms with van der Waals surface area (Å²) < 4.78 is 0. The van der Waals surface area contributed by atoms with Crippen LogP contribution in [0.1, 0.15) is 0 Å². The SMILES string of the molecule is C=P(c1ccccc1)(c1ccccc1)c1ccccc1.O=CCl. The zero-order chi connectivity index (χ0) is 16.5. The average Bonchev–Trinajstić information content (AvgIpc) is 2.64. The van der Waals surface area contributed by atoms with E-state index < -0.39 is 6.89 Å². The molecule has 3 aromatic carbocycles. The van der Waals surface area contributed by atoms with Crippen LogP contribution >= 0.6 is 18.5 Å². The van der Waals surface area contributed by atoms with E-state index in [1.165, 1.54) is 15.9 Å². The molecule has 0 aliphatic carbocycles. The van der Waals surface area contributed by atoms with Gasteiger partial charge in [-0.05, 0) is 34.4 Å². The molecule has 0 N–H and O–H groups in total. The van der Waals surface area contributed by atoms with Crippen molar-refractivity contribution in [1.82, 2.24) is 0 Å². The Balaban J connectivity index is 0.000000595. The minimum absolute atomic E-state index is 0.222. The summed E-state index contributed by atoms with van der Waals surface area (Å²) in [6, 6.07) is 31.9. The number of halogens is 1. The number of benzene rings is 3. The molecule has 0 heterocycles. The molecule has 0 bridgehead atoms. The van der Waals surface area contributed by atoms with Crippen molar-refractivity contribution in [3.8, 4) is 0 Å². The third kappa shape index (κ3) is 4.01. The molecule has 23 heavy (non-hydrogen) atoms. The summed E-state index contributed by atoms with van der Waals surface area (Å²) in [6.45, 7) is -1.78. The lowest BCUT2D eigenvalue weighted by molar-refractivity contribution is 0.569. The Hall–Kier alpha value is -2.08. The van der Waals surface area contributed by atoms with Gasteiger partial charge in [0, 0.05) is 0 Å². The highest BCUT2D eigenvalue weighted by atomic mass is 35.5. The molecule has 3 heteroatoms. The third-order valence-electron chi connectivity index (χ3n) is 3.59. The quantitative estimate of drug-likeness (QED) is 0.402. The topological polar surface area (TPSA) is 17.1 Å². The van der Waals surface area contributed by atoms with Gasteiger partial charge in [0.15, 0.2) is 0 Å². The largest absolute Gasteiger partial charge is 0.285 e. The van der Waals surface area contributed by atoms with Crippen LogP contribution in [0.15, 0.2) is 91.0 Å². The molecule has 0 radical (unpaired) electrons. The van der Waals surface area contributed by atoms with Gasteiger partial charge < -0.3 is 0 Å². The van der Waals surface area contributed by atoms with Gasteiger partial charge in [-0.2, -0.15) is 0 Å². The minimum atomic E-state index is -1.78. The monoisotopic (exact) mass is 340 g/mol. The lowest BCUT2D eigenvalue weighted by Crippen LogP contribution is -2.25. The molecule has 3 rings (SSSR count). The van der Waals surface area contributed by atoms with Gasteiger partial charge in [0.1, 0.15) is 0 Å². The molecule has 0 amide bonds. The molecule has 0 saturated heterocycles. The van der Waals surface area contributed by atoms with E-state index >= 15 is 0 Å². The fourth-order valence-electron chi connectivity index (χ4n) is 2.49. The van der Waals surface area contributed by atoms with Crippen LogP contribution in [0.5, 0.6) is 0 Å². The van der Waals surface area contributed by atoms with Crippen molar-refractivity contribution in [2.24, 2.45) is 0 Å². The molecule has 1 nitrogen and oxygen atoms in total. The maximum Gasteiger partial charge on any atom is 0.208 e. The Kier molecular flexibility index (Phi) is 6.40. The van der Waals surface area contributed by atoms with Crippen LogP contribution in [0.2, 0.25) is 0 Å². The van der Waals surface area contributed by atoms with Crippen molar-refractivity contribution in [2.45, 2.75) is 0 Å². The van der Waals surface area contributed by atoms with Crippen LogP contribution in [-0.4, -0.2) is 12.0 Å². The summed E-state index contributed by atoms with van der Waals surface area (Å²) in [7, 11) is 0. The third-order valence-corrected chi connectivity index (χ3v) is 7.13. The molecule has 0 aliphatic heterocycles. The van der Waals surface area contributed by atoms with Crippen molar-refractivity contribution >= 4 is 46.4 Å². The van der Waals surface area contributed by atoms with E-state index in [0.717, 1.165) is 0 Å². The number of rotatable bonds is 3. The van der Waals surface area contributed by atoms with E-state index in [0.29, 0.717) is 0 Å². The second kappa shape index (κ2) is 8.53. The van der Waals surface area contributed by atoms with Gasteiger partial charge in [0.25, 0.3) is 0 Å². The Morgan fingerprint density at radius 3 is 1.09 bits per heavy atom. The fourth-order valence-corrected chi connectivity index (χ4v) is 5.43. The molecule has 0 aliphatic rings. The van der Waals surface area contributed by atoms with E-state index in [1.807, 2.05) is 0 Å². The first-order valence-electron chi connectivity index (χ1n) is 7.17. The van der Waals surface area contributed by atoms with Gasteiger partial charge in [-0.25, -0.2) is 0 Å². The molecule has 0 aromatic heterocycles. The van der Waals surface area contributed by atoms with Crippen LogP contribution in [0.3, 0.4) is 0 Å². The van der Waals surface area contributed by atoms with Crippen molar-refractivity contribution in [3.63, 3.8) is 0 Å². The Morgan fingerprint density at radius 2 is 0.870 bits per heavy atom. The van der Waals surface area contributed by atoms with Crippen LogP contribution in [-0.2, 0) is 4.79 Å². The molecule has 0 saturated carbocycles. The summed E-state index contributed by atoms with van der Waals surface area (Å²) in [5, 5.41) is 3.95. The Morgan fingerprint density at radius 1 is 0.652 bits per heavy atom. The van der Waals surface area contributed by atoms with Crippen LogP contribution in [0, 0.1) is 0 Å². The highest BCUT2D eigenvalue weighted by molar-refractivity contribution is 7.93. The van der Waals surface area contributed by atoms with E-state index in [9.17, 15) is 0 Å². The van der Waals surface area contributed by atoms with Gasteiger partial charge in [-0.15, -0.1) is 0 Å². The van der Waals surface area contributed by atoms with Crippen molar-refractivity contribution in [3.05, 3.63) is 91.0 Å². The maximum absolute atomic E-state index is 8.57. The second-order valence-electron chi connectivity index (χ2n) is 4.91. The minimum Gasteiger partial charge on any atom is -0.285 e. The summed E-state index contributed by atoms with van der Waals surface area (Å²) in [5.41, 5.74) is 0. The van der Waals surface area contributed by atoms with Crippen LogP contribution < -0.4 is 15.9 Å². The van der Waals surface area contributed by atoms with Crippen molar-refractivity contribution in [2.75, 3.05) is 0 Å². The van der Waals surface area contributed by atoms with Gasteiger partial charge in [0.2, 0.25) is 5.75 Å². The summed E-state index contributed by atoms with van der Waals surface area (Å²) in [4.78, 5) is 8.57. The van der Waals surface area contributed by atoms with Gasteiger partial charge >= 0.3 is 0 Å². The number of carbonyl (C=O) groups is 1. The molecule has 116 valence electrons. The van der Waals surface area contributed by atoms with Crippen molar-refractivity contribution < 1.29 is 4.79 Å². The first-order chi connectivity index (χ1) is 11.2. The maximum atomic E-state index is 8.57. The van der Waals surface area contributed by atoms with Crippen LogP contribution in [0.25, 0.3) is 0 Å². The summed E-state index contributed by atoms with van der Waals surface area (Å²) in [6.07, 6.45) is 4.69. The fraction of sp³-hybridized carbons (Fsp3) is 0. The molecule has 0 atom stereocenters.